The lowest BCUT2D eigenvalue weighted by atomic mass is 9.91. The summed E-state index contributed by atoms with van der Waals surface area (Å²) >= 11 is 0. The fourth-order valence-electron chi connectivity index (χ4n) is 4.01. The molecule has 33 heavy (non-hydrogen) atoms. The number of methoxy groups -OCH3 is 2. The largest absolute Gasteiger partial charge is 0.497 e. The van der Waals surface area contributed by atoms with Crippen LogP contribution >= 0.6 is 0 Å². The van der Waals surface area contributed by atoms with Crippen LogP contribution in [-0.4, -0.2) is 29.2 Å². The molecule has 1 aliphatic rings. The molecule has 0 saturated carbocycles. The molecule has 0 amide bonds. The molecule has 0 radical (unpaired) electrons. The van der Waals surface area contributed by atoms with Gasteiger partial charge >= 0.3 is 0 Å². The fraction of sp³-hybridized carbons (Fsp3) is 0.238. The Kier molecular flexibility index (Phi) is 5.61. The summed E-state index contributed by atoms with van der Waals surface area (Å²) in [6.45, 7) is -0.0569. The van der Waals surface area contributed by atoms with Gasteiger partial charge in [0.25, 0.3) is 0 Å². The average molecular weight is 489 g/mol. The van der Waals surface area contributed by atoms with E-state index in [2.05, 4.69) is 5.32 Å². The van der Waals surface area contributed by atoms with Crippen molar-refractivity contribution < 1.29 is 44.3 Å². The van der Waals surface area contributed by atoms with Gasteiger partial charge in [0.1, 0.15) is 22.2 Å². The number of nitrogens with one attached hydrogen (secondary N) is 1. The van der Waals surface area contributed by atoms with Gasteiger partial charge in [0.15, 0.2) is 23.3 Å². The first-order valence-corrected chi connectivity index (χ1v) is 10.9. The summed E-state index contributed by atoms with van der Waals surface area (Å²) < 4.78 is 115. The Hall–Kier alpha value is -3.12. The van der Waals surface area contributed by atoms with Crippen LogP contribution in [0, 0.1) is 29.1 Å². The zero-order valence-electron chi connectivity index (χ0n) is 17.1. The predicted molar refractivity (Wildman–Crippen MR) is 104 cm³/mol. The zero-order chi connectivity index (χ0) is 24.1. The van der Waals surface area contributed by atoms with Crippen molar-refractivity contribution in [3.63, 3.8) is 0 Å². The molecule has 0 bridgehead atoms. The number of fused-ring (bicyclic) bond motifs is 1. The Morgan fingerprint density at radius 3 is 2.15 bits per heavy atom. The van der Waals surface area contributed by atoms with Gasteiger partial charge in [-0.3, -0.25) is 5.32 Å². The molecule has 2 aromatic carbocycles. The second kappa shape index (κ2) is 8.03. The second-order valence-electron chi connectivity index (χ2n) is 7.10. The van der Waals surface area contributed by atoms with Crippen LogP contribution in [0.3, 0.4) is 0 Å². The zero-order valence-corrected chi connectivity index (χ0v) is 18.0. The molecular weight excluding hydrogens is 473 g/mol. The van der Waals surface area contributed by atoms with Crippen LogP contribution in [0.1, 0.15) is 16.9 Å². The van der Waals surface area contributed by atoms with Gasteiger partial charge in [-0.1, -0.05) is 0 Å². The lowest BCUT2D eigenvalue weighted by Crippen LogP contribution is -2.54. The molecule has 1 aliphatic heterocycles. The predicted octanol–water partition coefficient (Wildman–Crippen LogP) is 3.81. The second-order valence-corrected chi connectivity index (χ2v) is 9.13. The van der Waals surface area contributed by atoms with Gasteiger partial charge in [-0.2, -0.15) is 0 Å². The van der Waals surface area contributed by atoms with Crippen LogP contribution < -0.4 is 14.8 Å². The lowest BCUT2D eigenvalue weighted by molar-refractivity contribution is 0.339. The molecule has 1 unspecified atom stereocenters. The summed E-state index contributed by atoms with van der Waals surface area (Å²) in [4.78, 5) is -4.58. The number of ether oxygens (including phenoxy) is 2. The Bertz CT molecular complexity index is 1300. The summed E-state index contributed by atoms with van der Waals surface area (Å²) in [5, 5.41) is 2.68. The highest BCUT2D eigenvalue weighted by Gasteiger charge is 2.57. The molecule has 3 aromatic rings. The Labute approximate surface area is 184 Å². The van der Waals surface area contributed by atoms with Gasteiger partial charge < -0.3 is 13.9 Å². The average Bonchev–Trinajstić information content (AvgIpc) is 3.35. The van der Waals surface area contributed by atoms with Crippen molar-refractivity contribution in [3.05, 3.63) is 76.5 Å². The first kappa shape index (κ1) is 23.1. The van der Waals surface area contributed by atoms with E-state index in [0.717, 1.165) is 6.26 Å². The van der Waals surface area contributed by atoms with Crippen LogP contribution in [0.5, 0.6) is 11.5 Å². The lowest BCUT2D eigenvalue weighted by Gasteiger charge is -2.39. The van der Waals surface area contributed by atoms with E-state index in [1.165, 1.54) is 38.5 Å². The van der Waals surface area contributed by atoms with E-state index in [4.69, 9.17) is 13.9 Å². The van der Waals surface area contributed by atoms with E-state index in [0.29, 0.717) is 11.3 Å². The van der Waals surface area contributed by atoms with Crippen molar-refractivity contribution in [2.24, 2.45) is 0 Å². The summed E-state index contributed by atoms with van der Waals surface area (Å²) in [6, 6.07) is 5.34. The highest BCUT2D eigenvalue weighted by atomic mass is 32.2. The minimum absolute atomic E-state index is 0.0569. The van der Waals surface area contributed by atoms with Crippen LogP contribution in [0.2, 0.25) is 0 Å². The third-order valence-electron chi connectivity index (χ3n) is 5.44. The van der Waals surface area contributed by atoms with Crippen molar-refractivity contribution in [3.8, 4) is 11.5 Å². The maximum absolute atomic E-state index is 14.7. The Morgan fingerprint density at radius 2 is 1.61 bits per heavy atom. The van der Waals surface area contributed by atoms with Crippen molar-refractivity contribution >= 4 is 9.84 Å². The van der Waals surface area contributed by atoms with Crippen LogP contribution in [0.4, 0.5) is 22.0 Å². The monoisotopic (exact) mass is 489 g/mol. The van der Waals surface area contributed by atoms with Crippen LogP contribution in [0.25, 0.3) is 0 Å². The molecule has 12 heteroatoms. The minimum atomic E-state index is -5.46. The normalized spacial score (nSPS) is 18.2. The van der Waals surface area contributed by atoms with Crippen molar-refractivity contribution in [1.82, 2.24) is 5.32 Å². The Balaban J connectivity index is 2.17. The summed E-state index contributed by atoms with van der Waals surface area (Å²) in [7, 11) is -2.87. The first-order valence-electron chi connectivity index (χ1n) is 9.42. The number of rotatable bonds is 5. The molecule has 1 aromatic heterocycles. The third-order valence-corrected chi connectivity index (χ3v) is 7.69. The fourth-order valence-corrected chi connectivity index (χ4v) is 6.14. The number of hydrogen-bond donors (Lipinski definition) is 1. The first-order chi connectivity index (χ1) is 15.6. The van der Waals surface area contributed by atoms with E-state index >= 15 is 0 Å². The number of furan rings is 1. The van der Waals surface area contributed by atoms with Crippen molar-refractivity contribution in [2.75, 3.05) is 20.8 Å². The van der Waals surface area contributed by atoms with E-state index in [9.17, 15) is 30.4 Å². The SMILES string of the molecule is COc1cc2c(c(OC)c1)C(c1ccco1)(S(=O)(=O)c1c(F)c(F)c(F)c(F)c1F)NCC2. The molecule has 2 heterocycles. The summed E-state index contributed by atoms with van der Waals surface area (Å²) in [6.07, 6.45) is 1.34. The van der Waals surface area contributed by atoms with Gasteiger partial charge in [0.05, 0.1) is 20.5 Å². The standard InChI is InChI=1S/C21H16F5NO5S/c1-30-11-8-10-5-6-27-21(13-4-3-7-32-13,14(10)12(9-11)31-2)33(28,29)20-18(25)16(23)15(22)17(24)19(20)26/h3-4,7-9,27H,5-6H2,1-2H3. The quantitative estimate of drug-likeness (QED) is 0.254. The molecule has 6 nitrogen and oxygen atoms in total. The van der Waals surface area contributed by atoms with Crippen LogP contribution in [0.15, 0.2) is 39.8 Å². The summed E-state index contributed by atoms with van der Waals surface area (Å²) in [5.41, 5.74) is 0.213. The van der Waals surface area contributed by atoms with Gasteiger partial charge in [-0.15, -0.1) is 0 Å². The van der Waals surface area contributed by atoms with E-state index < -0.39 is 48.7 Å². The molecule has 0 saturated heterocycles. The number of benzene rings is 2. The molecule has 176 valence electrons. The van der Waals surface area contributed by atoms with Crippen molar-refractivity contribution in [2.45, 2.75) is 16.2 Å². The number of hydrogen-bond acceptors (Lipinski definition) is 6. The molecule has 1 atom stereocenters. The minimum Gasteiger partial charge on any atom is -0.497 e. The van der Waals surface area contributed by atoms with Gasteiger partial charge in [-0.25, -0.2) is 30.4 Å². The molecule has 0 aliphatic carbocycles. The molecule has 0 fully saturated rings. The smallest absolute Gasteiger partial charge is 0.215 e. The maximum atomic E-state index is 14.7. The number of sulfone groups is 1. The molecule has 1 N–H and O–H groups in total. The van der Waals surface area contributed by atoms with Gasteiger partial charge in [0.2, 0.25) is 20.5 Å². The highest BCUT2D eigenvalue weighted by molar-refractivity contribution is 7.92. The topological polar surface area (TPSA) is 77.8 Å². The molecular formula is C21H16F5NO5S. The van der Waals surface area contributed by atoms with Gasteiger partial charge in [0, 0.05) is 18.2 Å². The molecule has 4 rings (SSSR count). The number of halogens is 5. The van der Waals surface area contributed by atoms with E-state index in [1.807, 2.05) is 0 Å². The van der Waals surface area contributed by atoms with Crippen molar-refractivity contribution in [1.29, 1.82) is 0 Å². The van der Waals surface area contributed by atoms with E-state index in [-0.39, 0.29) is 30.0 Å². The van der Waals surface area contributed by atoms with Crippen LogP contribution in [-0.2, 0) is 21.1 Å². The van der Waals surface area contributed by atoms with Gasteiger partial charge in [-0.05, 0) is 30.2 Å². The third kappa shape index (κ3) is 3.11. The molecule has 0 spiro atoms. The summed E-state index contributed by atoms with van der Waals surface area (Å²) in [5.74, 6) is -12.4. The maximum Gasteiger partial charge on any atom is 0.215 e. The highest BCUT2D eigenvalue weighted by Crippen LogP contribution is 2.49. The Morgan fingerprint density at radius 1 is 0.970 bits per heavy atom. The van der Waals surface area contributed by atoms with E-state index in [1.54, 1.807) is 0 Å².